The summed E-state index contributed by atoms with van der Waals surface area (Å²) in [6.07, 6.45) is 2.81. The molecular weight excluding hydrogens is 270 g/mol. The Bertz CT molecular complexity index is 744. The van der Waals surface area contributed by atoms with Crippen LogP contribution in [0, 0.1) is 6.92 Å². The van der Waals surface area contributed by atoms with Crippen LogP contribution in [0.1, 0.15) is 21.1 Å². The highest BCUT2D eigenvalue weighted by atomic mass is 32.1. The van der Waals surface area contributed by atoms with Crippen LogP contribution in [-0.4, -0.2) is 22.4 Å². The molecule has 0 radical (unpaired) electrons. The Morgan fingerprint density at radius 2 is 2.25 bits per heavy atom. The maximum Gasteiger partial charge on any atom is 0.270 e. The minimum atomic E-state index is -0.103. The number of fused-ring (bicyclic) bond motifs is 1. The van der Waals surface area contributed by atoms with Gasteiger partial charge in [-0.2, -0.15) is 0 Å². The van der Waals surface area contributed by atoms with Gasteiger partial charge in [0.2, 0.25) is 0 Å². The molecule has 20 heavy (non-hydrogen) atoms. The van der Waals surface area contributed by atoms with Crippen LogP contribution in [0.5, 0.6) is 0 Å². The van der Waals surface area contributed by atoms with Crippen molar-refractivity contribution < 1.29 is 4.79 Å². The summed E-state index contributed by atoms with van der Waals surface area (Å²) >= 11 is 1.49. The van der Waals surface area contributed by atoms with Crippen molar-refractivity contribution in [3.05, 3.63) is 52.1 Å². The van der Waals surface area contributed by atoms with Crippen molar-refractivity contribution in [2.45, 2.75) is 13.3 Å². The third-order valence-electron chi connectivity index (χ3n) is 3.21. The Balaban J connectivity index is 1.61. The molecule has 2 aromatic heterocycles. The average molecular weight is 285 g/mol. The first kappa shape index (κ1) is 12.9. The molecule has 2 N–H and O–H groups in total. The molecule has 102 valence electrons. The van der Waals surface area contributed by atoms with Crippen LogP contribution < -0.4 is 5.32 Å². The van der Waals surface area contributed by atoms with E-state index in [-0.39, 0.29) is 5.91 Å². The van der Waals surface area contributed by atoms with E-state index in [1.165, 1.54) is 22.3 Å². The number of benzene rings is 1. The molecule has 0 unspecified atom stereocenters. The van der Waals surface area contributed by atoms with Crippen LogP contribution in [0.2, 0.25) is 0 Å². The van der Waals surface area contributed by atoms with Gasteiger partial charge >= 0.3 is 0 Å². The second-order valence-corrected chi connectivity index (χ2v) is 5.68. The van der Waals surface area contributed by atoms with Crippen molar-refractivity contribution in [2.24, 2.45) is 0 Å². The Kier molecular flexibility index (Phi) is 3.52. The molecular formula is C15H15N3OS. The maximum absolute atomic E-state index is 11.9. The minimum absolute atomic E-state index is 0.103. The highest BCUT2D eigenvalue weighted by Gasteiger charge is 2.09. The lowest BCUT2D eigenvalue weighted by Crippen LogP contribution is -2.25. The molecule has 0 saturated heterocycles. The second kappa shape index (κ2) is 5.46. The first-order chi connectivity index (χ1) is 9.74. The summed E-state index contributed by atoms with van der Waals surface area (Å²) in [4.78, 5) is 19.3. The third kappa shape index (κ3) is 2.58. The zero-order valence-electron chi connectivity index (χ0n) is 11.1. The molecule has 0 atom stereocenters. The zero-order chi connectivity index (χ0) is 13.9. The predicted octanol–water partition coefficient (Wildman–Crippen LogP) is 2.91. The normalized spacial score (nSPS) is 10.8. The van der Waals surface area contributed by atoms with E-state index in [0.717, 1.165) is 16.9 Å². The number of nitrogens with zero attached hydrogens (tertiary/aromatic N) is 1. The van der Waals surface area contributed by atoms with Gasteiger partial charge in [0.15, 0.2) is 0 Å². The number of hydrogen-bond acceptors (Lipinski definition) is 3. The van der Waals surface area contributed by atoms with Gasteiger partial charge in [0, 0.05) is 29.0 Å². The van der Waals surface area contributed by atoms with E-state index in [1.54, 1.807) is 5.38 Å². The Hall–Kier alpha value is -2.14. The van der Waals surface area contributed by atoms with Crippen LogP contribution >= 0.6 is 11.3 Å². The summed E-state index contributed by atoms with van der Waals surface area (Å²) in [6, 6.07) is 8.17. The van der Waals surface area contributed by atoms with Crippen LogP contribution in [0.15, 0.2) is 35.8 Å². The highest BCUT2D eigenvalue weighted by Crippen LogP contribution is 2.17. The van der Waals surface area contributed by atoms with Gasteiger partial charge in [-0.3, -0.25) is 4.79 Å². The van der Waals surface area contributed by atoms with E-state index < -0.39 is 0 Å². The molecule has 1 amide bonds. The number of aromatic nitrogens is 2. The molecule has 0 fully saturated rings. The molecule has 3 aromatic rings. The van der Waals surface area contributed by atoms with Gasteiger partial charge in [0.1, 0.15) is 5.69 Å². The summed E-state index contributed by atoms with van der Waals surface area (Å²) in [7, 11) is 0. The quantitative estimate of drug-likeness (QED) is 0.774. The molecule has 0 aliphatic heterocycles. The highest BCUT2D eigenvalue weighted by molar-refractivity contribution is 7.09. The fourth-order valence-electron chi connectivity index (χ4n) is 2.21. The van der Waals surface area contributed by atoms with Gasteiger partial charge in [-0.25, -0.2) is 4.98 Å². The van der Waals surface area contributed by atoms with E-state index in [2.05, 4.69) is 27.4 Å². The van der Waals surface area contributed by atoms with E-state index in [1.807, 2.05) is 25.3 Å². The number of hydrogen-bond donors (Lipinski definition) is 2. The summed E-state index contributed by atoms with van der Waals surface area (Å²) in [6.45, 7) is 2.50. The molecule has 0 bridgehead atoms. The third-order valence-corrected chi connectivity index (χ3v) is 3.98. The van der Waals surface area contributed by atoms with Crippen molar-refractivity contribution in [2.75, 3.05) is 6.54 Å². The fourth-order valence-corrected chi connectivity index (χ4v) is 2.80. The van der Waals surface area contributed by atoms with Crippen LogP contribution in [0.4, 0.5) is 0 Å². The van der Waals surface area contributed by atoms with Crippen LogP contribution in [0.25, 0.3) is 10.9 Å². The van der Waals surface area contributed by atoms with Gasteiger partial charge in [0.25, 0.3) is 5.91 Å². The number of thiazole rings is 1. The Morgan fingerprint density at radius 3 is 3.05 bits per heavy atom. The number of aryl methyl sites for hydroxylation is 1. The number of carbonyl (C=O) groups excluding carboxylic acids is 1. The molecule has 0 saturated carbocycles. The second-order valence-electron chi connectivity index (χ2n) is 4.62. The Morgan fingerprint density at radius 1 is 1.40 bits per heavy atom. The van der Waals surface area contributed by atoms with Crippen molar-refractivity contribution in [1.29, 1.82) is 0 Å². The van der Waals surface area contributed by atoms with E-state index in [4.69, 9.17) is 0 Å². The standard InChI is InChI=1S/C15H15N3OS/c1-10-18-14(9-20-10)15(19)16-7-6-11-8-17-13-5-3-2-4-12(11)13/h2-5,8-9,17H,6-7H2,1H3,(H,16,19). The summed E-state index contributed by atoms with van der Waals surface area (Å²) < 4.78 is 0. The van der Waals surface area contributed by atoms with Gasteiger partial charge in [-0.15, -0.1) is 11.3 Å². The summed E-state index contributed by atoms with van der Waals surface area (Å²) in [5, 5.41) is 6.82. The summed E-state index contributed by atoms with van der Waals surface area (Å²) in [5.41, 5.74) is 2.85. The number of nitrogens with one attached hydrogen (secondary N) is 2. The number of para-hydroxylation sites is 1. The molecule has 0 aliphatic rings. The number of carbonyl (C=O) groups is 1. The molecule has 1 aromatic carbocycles. The van der Waals surface area contributed by atoms with Gasteiger partial charge in [-0.1, -0.05) is 18.2 Å². The SMILES string of the molecule is Cc1nc(C(=O)NCCc2c[nH]c3ccccc23)cs1. The summed E-state index contributed by atoms with van der Waals surface area (Å²) in [5.74, 6) is -0.103. The molecule has 4 nitrogen and oxygen atoms in total. The van der Waals surface area contributed by atoms with Crippen LogP contribution in [0.3, 0.4) is 0 Å². The maximum atomic E-state index is 11.9. The predicted molar refractivity (Wildman–Crippen MR) is 81.2 cm³/mol. The minimum Gasteiger partial charge on any atom is -0.361 e. The number of rotatable bonds is 4. The lowest BCUT2D eigenvalue weighted by atomic mass is 10.1. The van der Waals surface area contributed by atoms with Gasteiger partial charge < -0.3 is 10.3 Å². The first-order valence-corrected chi connectivity index (χ1v) is 7.37. The van der Waals surface area contributed by atoms with Crippen LogP contribution in [-0.2, 0) is 6.42 Å². The van der Waals surface area contributed by atoms with Crippen molar-refractivity contribution in [1.82, 2.24) is 15.3 Å². The van der Waals surface area contributed by atoms with Crippen molar-refractivity contribution in [3.8, 4) is 0 Å². The fraction of sp³-hybridized carbons (Fsp3) is 0.200. The smallest absolute Gasteiger partial charge is 0.270 e. The first-order valence-electron chi connectivity index (χ1n) is 6.49. The molecule has 2 heterocycles. The van der Waals surface area contributed by atoms with E-state index >= 15 is 0 Å². The van der Waals surface area contributed by atoms with E-state index in [9.17, 15) is 4.79 Å². The number of aromatic amines is 1. The Labute approximate surface area is 120 Å². The number of H-pyrrole nitrogens is 1. The van der Waals surface area contributed by atoms with Crippen molar-refractivity contribution >= 4 is 28.1 Å². The molecule has 0 spiro atoms. The molecule has 5 heteroatoms. The zero-order valence-corrected chi connectivity index (χ0v) is 12.0. The lowest BCUT2D eigenvalue weighted by Gasteiger charge is -2.02. The molecule has 3 rings (SSSR count). The largest absolute Gasteiger partial charge is 0.361 e. The van der Waals surface area contributed by atoms with Gasteiger partial charge in [0.05, 0.1) is 5.01 Å². The van der Waals surface area contributed by atoms with E-state index in [0.29, 0.717) is 12.2 Å². The average Bonchev–Trinajstić information content (AvgIpc) is 3.06. The topological polar surface area (TPSA) is 57.8 Å². The van der Waals surface area contributed by atoms with Crippen molar-refractivity contribution in [3.63, 3.8) is 0 Å². The van der Waals surface area contributed by atoms with Gasteiger partial charge in [-0.05, 0) is 25.0 Å². The molecule has 0 aliphatic carbocycles. The monoisotopic (exact) mass is 285 g/mol. The number of amides is 1. The lowest BCUT2D eigenvalue weighted by molar-refractivity contribution is 0.0949.